The maximum Gasteiger partial charge on any atom is 0.416 e. The van der Waals surface area contributed by atoms with E-state index >= 15 is 0 Å². The molecule has 0 unspecified atom stereocenters. The number of hydrogen-bond acceptors (Lipinski definition) is 2. The van der Waals surface area contributed by atoms with Crippen LogP contribution in [0, 0.1) is 0 Å². The molecule has 0 saturated heterocycles. The van der Waals surface area contributed by atoms with E-state index < -0.39 is 47.4 Å². The first-order chi connectivity index (χ1) is 9.04. The quantitative estimate of drug-likeness (QED) is 0.607. The molecule has 0 heterocycles. The van der Waals surface area contributed by atoms with Crippen LogP contribution in [-0.2, 0) is 6.18 Å². The molecule has 0 aliphatic rings. The van der Waals surface area contributed by atoms with Crippen molar-refractivity contribution in [2.75, 3.05) is 0 Å². The third-order valence-corrected chi connectivity index (χ3v) is 2.27. The first kappa shape index (κ1) is 16.3. The van der Waals surface area contributed by atoms with Crippen LogP contribution in [0.15, 0.2) is 12.1 Å². The Bertz CT molecular complexity index is 508. The zero-order valence-corrected chi connectivity index (χ0v) is 9.77. The molecule has 0 atom stereocenters. The standard InChI is InChI=1S/C11H7F7O2/c1-4(19)6-2-5(11(16,17)18)3-7(9(12)13)8(6)20-10(14)15/h2-3,9-10H,1H3. The first-order valence-corrected chi connectivity index (χ1v) is 5.03. The van der Waals surface area contributed by atoms with Gasteiger partial charge in [-0.2, -0.15) is 22.0 Å². The average molecular weight is 304 g/mol. The highest BCUT2D eigenvalue weighted by Crippen LogP contribution is 2.39. The Morgan fingerprint density at radius 3 is 2.05 bits per heavy atom. The van der Waals surface area contributed by atoms with Gasteiger partial charge in [0, 0.05) is 0 Å². The fraction of sp³-hybridized carbons (Fsp3) is 0.364. The lowest BCUT2D eigenvalue weighted by Gasteiger charge is -2.16. The first-order valence-electron chi connectivity index (χ1n) is 5.03. The van der Waals surface area contributed by atoms with Gasteiger partial charge in [-0.1, -0.05) is 0 Å². The van der Waals surface area contributed by atoms with Crippen molar-refractivity contribution in [1.29, 1.82) is 0 Å². The summed E-state index contributed by atoms with van der Waals surface area (Å²) in [6.45, 7) is -2.80. The van der Waals surface area contributed by atoms with Gasteiger partial charge in [0.1, 0.15) is 5.75 Å². The third-order valence-electron chi connectivity index (χ3n) is 2.27. The van der Waals surface area contributed by atoms with Gasteiger partial charge in [-0.25, -0.2) is 8.78 Å². The lowest BCUT2D eigenvalue weighted by atomic mass is 10.0. The Hall–Kier alpha value is -1.80. The van der Waals surface area contributed by atoms with Gasteiger partial charge >= 0.3 is 12.8 Å². The molecule has 20 heavy (non-hydrogen) atoms. The molecule has 1 aromatic rings. The second-order valence-electron chi connectivity index (χ2n) is 3.68. The zero-order chi connectivity index (χ0) is 15.7. The average Bonchev–Trinajstić information content (AvgIpc) is 2.25. The van der Waals surface area contributed by atoms with Crippen molar-refractivity contribution >= 4 is 5.78 Å². The minimum atomic E-state index is -5.00. The summed E-state index contributed by atoms with van der Waals surface area (Å²) in [7, 11) is 0. The van der Waals surface area contributed by atoms with Crippen LogP contribution >= 0.6 is 0 Å². The monoisotopic (exact) mass is 304 g/mol. The lowest BCUT2D eigenvalue weighted by Crippen LogP contribution is -2.13. The number of ketones is 1. The highest BCUT2D eigenvalue weighted by atomic mass is 19.4. The Morgan fingerprint density at radius 1 is 1.15 bits per heavy atom. The normalized spacial score (nSPS) is 12.1. The minimum absolute atomic E-state index is 0.0190. The molecular weight excluding hydrogens is 297 g/mol. The van der Waals surface area contributed by atoms with Crippen molar-refractivity contribution in [2.45, 2.75) is 26.1 Å². The number of ether oxygens (including phenoxy) is 1. The Labute approximate surface area is 108 Å². The number of benzene rings is 1. The number of carbonyl (C=O) groups excluding carboxylic acids is 1. The summed E-state index contributed by atoms with van der Waals surface area (Å²) in [5, 5.41) is 0. The van der Waals surface area contributed by atoms with E-state index in [1.807, 2.05) is 0 Å². The van der Waals surface area contributed by atoms with Crippen LogP contribution in [0.1, 0.15) is 34.8 Å². The smallest absolute Gasteiger partial charge is 0.416 e. The van der Waals surface area contributed by atoms with Crippen molar-refractivity contribution in [3.05, 3.63) is 28.8 Å². The maximum absolute atomic E-state index is 12.7. The number of alkyl halides is 7. The van der Waals surface area contributed by atoms with Crippen LogP contribution in [0.5, 0.6) is 5.75 Å². The summed E-state index contributed by atoms with van der Waals surface area (Å²) >= 11 is 0. The molecule has 1 aromatic carbocycles. The Balaban J connectivity index is 3.59. The molecule has 0 aromatic heterocycles. The van der Waals surface area contributed by atoms with E-state index in [-0.39, 0.29) is 12.1 Å². The highest BCUT2D eigenvalue weighted by Gasteiger charge is 2.35. The van der Waals surface area contributed by atoms with E-state index in [9.17, 15) is 35.5 Å². The lowest BCUT2D eigenvalue weighted by molar-refractivity contribution is -0.137. The summed E-state index contributed by atoms with van der Waals surface area (Å²) in [5.41, 5.74) is -3.93. The predicted molar refractivity (Wildman–Crippen MR) is 53.0 cm³/mol. The van der Waals surface area contributed by atoms with Crippen LogP contribution in [0.3, 0.4) is 0 Å². The van der Waals surface area contributed by atoms with Crippen molar-refractivity contribution in [2.24, 2.45) is 0 Å². The highest BCUT2D eigenvalue weighted by molar-refractivity contribution is 5.97. The molecular formula is C11H7F7O2. The molecule has 0 saturated carbocycles. The summed E-state index contributed by atoms with van der Waals surface area (Å²) in [5.74, 6) is -2.34. The van der Waals surface area contributed by atoms with Gasteiger partial charge in [0.15, 0.2) is 5.78 Å². The van der Waals surface area contributed by atoms with Crippen molar-refractivity contribution in [3.63, 3.8) is 0 Å². The number of hydrogen-bond donors (Lipinski definition) is 0. The van der Waals surface area contributed by atoms with Crippen LogP contribution in [0.25, 0.3) is 0 Å². The second kappa shape index (κ2) is 5.68. The van der Waals surface area contributed by atoms with Gasteiger partial charge in [-0.3, -0.25) is 4.79 Å². The summed E-state index contributed by atoms with van der Waals surface area (Å²) in [4.78, 5) is 11.2. The van der Waals surface area contributed by atoms with E-state index in [1.54, 1.807) is 0 Å². The minimum Gasteiger partial charge on any atom is -0.434 e. The molecule has 0 bridgehead atoms. The van der Waals surface area contributed by atoms with Gasteiger partial charge in [0.2, 0.25) is 0 Å². The van der Waals surface area contributed by atoms with Crippen LogP contribution in [0.4, 0.5) is 30.7 Å². The van der Waals surface area contributed by atoms with Crippen molar-refractivity contribution < 1.29 is 40.3 Å². The number of Topliss-reactive ketones (excluding diaryl/α,β-unsaturated/α-hetero) is 1. The molecule has 0 N–H and O–H groups in total. The Morgan fingerprint density at radius 2 is 1.70 bits per heavy atom. The maximum atomic E-state index is 12.7. The molecule has 0 amide bonds. The fourth-order valence-corrected chi connectivity index (χ4v) is 1.46. The second-order valence-corrected chi connectivity index (χ2v) is 3.68. The van der Waals surface area contributed by atoms with Crippen molar-refractivity contribution in [3.8, 4) is 5.75 Å². The number of rotatable bonds is 4. The number of carbonyl (C=O) groups is 1. The van der Waals surface area contributed by atoms with Crippen LogP contribution < -0.4 is 4.74 Å². The molecule has 0 aliphatic carbocycles. The van der Waals surface area contributed by atoms with Gasteiger partial charge in [-0.15, -0.1) is 0 Å². The molecule has 0 aliphatic heterocycles. The largest absolute Gasteiger partial charge is 0.434 e. The predicted octanol–water partition coefficient (Wildman–Crippen LogP) is 4.45. The molecule has 112 valence electrons. The summed E-state index contributed by atoms with van der Waals surface area (Å²) in [6.07, 6.45) is -8.51. The number of halogens is 7. The van der Waals surface area contributed by atoms with E-state index in [1.165, 1.54) is 0 Å². The van der Waals surface area contributed by atoms with Crippen molar-refractivity contribution in [1.82, 2.24) is 0 Å². The van der Waals surface area contributed by atoms with Crippen LogP contribution in [-0.4, -0.2) is 12.4 Å². The SMILES string of the molecule is CC(=O)c1cc(C(F)(F)F)cc(C(F)F)c1OC(F)F. The molecule has 2 nitrogen and oxygen atoms in total. The molecule has 0 radical (unpaired) electrons. The van der Waals surface area contributed by atoms with Gasteiger partial charge < -0.3 is 4.74 Å². The molecule has 0 spiro atoms. The summed E-state index contributed by atoms with van der Waals surface area (Å²) in [6, 6.07) is 0.181. The Kier molecular flexibility index (Phi) is 4.61. The molecule has 0 fully saturated rings. The third kappa shape index (κ3) is 3.61. The van der Waals surface area contributed by atoms with E-state index in [0.717, 1.165) is 6.92 Å². The van der Waals surface area contributed by atoms with Gasteiger partial charge in [0.25, 0.3) is 6.43 Å². The van der Waals surface area contributed by atoms with Crippen LogP contribution in [0.2, 0.25) is 0 Å². The fourth-order valence-electron chi connectivity index (χ4n) is 1.46. The zero-order valence-electron chi connectivity index (χ0n) is 9.77. The van der Waals surface area contributed by atoms with E-state index in [4.69, 9.17) is 0 Å². The van der Waals surface area contributed by atoms with Gasteiger partial charge in [0.05, 0.1) is 16.7 Å². The van der Waals surface area contributed by atoms with Gasteiger partial charge in [-0.05, 0) is 19.1 Å². The topological polar surface area (TPSA) is 26.3 Å². The summed E-state index contributed by atoms with van der Waals surface area (Å²) < 4.78 is 91.0. The molecule has 1 rings (SSSR count). The van der Waals surface area contributed by atoms with E-state index in [2.05, 4.69) is 4.74 Å². The van der Waals surface area contributed by atoms with E-state index in [0.29, 0.717) is 0 Å². The molecule has 9 heteroatoms.